The zero-order valence-corrected chi connectivity index (χ0v) is 13.2. The second-order valence-corrected chi connectivity index (χ2v) is 7.55. The standard InChI is InChI=1S/C14H24N4OS/c1-14(2,19)7-10-20-13-16-15-12(17-8-3-4-9-17)18(13)11-5-6-11/h11,19H,3-10H2,1-2H3. The molecule has 6 heteroatoms. The van der Waals surface area contributed by atoms with Gasteiger partial charge < -0.3 is 10.0 Å². The van der Waals surface area contributed by atoms with Crippen molar-refractivity contribution in [3.05, 3.63) is 0 Å². The van der Waals surface area contributed by atoms with Gasteiger partial charge in [-0.25, -0.2) is 0 Å². The molecule has 2 aliphatic rings. The molecule has 1 aromatic rings. The molecule has 1 aromatic heterocycles. The first kappa shape index (κ1) is 14.2. The van der Waals surface area contributed by atoms with Crippen LogP contribution in [0.1, 0.15) is 52.0 Å². The lowest BCUT2D eigenvalue weighted by atomic mass is 10.1. The third-order valence-electron chi connectivity index (χ3n) is 3.89. The smallest absolute Gasteiger partial charge is 0.228 e. The molecule has 1 aliphatic carbocycles. The monoisotopic (exact) mass is 296 g/mol. The van der Waals surface area contributed by atoms with Crippen molar-refractivity contribution in [2.24, 2.45) is 0 Å². The molecule has 0 atom stereocenters. The molecular formula is C14H24N4OS. The molecule has 112 valence electrons. The van der Waals surface area contributed by atoms with E-state index in [4.69, 9.17) is 0 Å². The number of anilines is 1. The second-order valence-electron chi connectivity index (χ2n) is 6.49. The zero-order chi connectivity index (χ0) is 14.2. The molecule has 5 nitrogen and oxygen atoms in total. The summed E-state index contributed by atoms with van der Waals surface area (Å²) in [4.78, 5) is 2.37. The van der Waals surface area contributed by atoms with E-state index in [-0.39, 0.29) is 0 Å². The van der Waals surface area contributed by atoms with Crippen LogP contribution in [0.5, 0.6) is 0 Å². The molecule has 0 bridgehead atoms. The predicted octanol–water partition coefficient (Wildman–Crippen LogP) is 2.47. The van der Waals surface area contributed by atoms with Gasteiger partial charge in [0.15, 0.2) is 5.16 Å². The van der Waals surface area contributed by atoms with Crippen LogP contribution in [0.15, 0.2) is 5.16 Å². The molecule has 1 N–H and O–H groups in total. The van der Waals surface area contributed by atoms with Crippen molar-refractivity contribution in [3.63, 3.8) is 0 Å². The summed E-state index contributed by atoms with van der Waals surface area (Å²) in [5, 5.41) is 19.7. The summed E-state index contributed by atoms with van der Waals surface area (Å²) in [5.41, 5.74) is -0.602. The van der Waals surface area contributed by atoms with Crippen LogP contribution >= 0.6 is 11.8 Å². The maximum atomic E-state index is 9.80. The Balaban J connectivity index is 1.70. The van der Waals surface area contributed by atoms with Gasteiger partial charge in [-0.15, -0.1) is 10.2 Å². The van der Waals surface area contributed by atoms with E-state index < -0.39 is 5.60 Å². The van der Waals surface area contributed by atoms with Crippen LogP contribution in [0.4, 0.5) is 5.95 Å². The largest absolute Gasteiger partial charge is 0.390 e. The minimum Gasteiger partial charge on any atom is -0.390 e. The molecule has 20 heavy (non-hydrogen) atoms. The highest BCUT2D eigenvalue weighted by atomic mass is 32.2. The van der Waals surface area contributed by atoms with Crippen molar-refractivity contribution < 1.29 is 5.11 Å². The van der Waals surface area contributed by atoms with E-state index in [9.17, 15) is 5.11 Å². The summed E-state index contributed by atoms with van der Waals surface area (Å²) < 4.78 is 2.33. The van der Waals surface area contributed by atoms with Gasteiger partial charge in [-0.05, 0) is 46.0 Å². The third kappa shape index (κ3) is 3.28. The molecule has 0 unspecified atom stereocenters. The summed E-state index contributed by atoms with van der Waals surface area (Å²) >= 11 is 1.72. The van der Waals surface area contributed by atoms with Gasteiger partial charge in [-0.3, -0.25) is 4.57 Å². The van der Waals surface area contributed by atoms with E-state index in [0.717, 1.165) is 36.4 Å². The highest BCUT2D eigenvalue weighted by Gasteiger charge is 2.32. The van der Waals surface area contributed by atoms with Crippen LogP contribution < -0.4 is 4.90 Å². The van der Waals surface area contributed by atoms with Crippen LogP contribution in [0.25, 0.3) is 0 Å². The fourth-order valence-corrected chi connectivity index (χ4v) is 3.80. The van der Waals surface area contributed by atoms with Gasteiger partial charge in [0.05, 0.1) is 5.60 Å². The Labute approximate surface area is 124 Å². The molecule has 1 saturated heterocycles. The van der Waals surface area contributed by atoms with Gasteiger partial charge in [-0.1, -0.05) is 11.8 Å². The molecule has 2 heterocycles. The van der Waals surface area contributed by atoms with Crippen molar-refractivity contribution in [2.75, 3.05) is 23.7 Å². The van der Waals surface area contributed by atoms with Crippen LogP contribution in [0.2, 0.25) is 0 Å². The Kier molecular flexibility index (Phi) is 3.95. The summed E-state index contributed by atoms with van der Waals surface area (Å²) in [6, 6.07) is 0.602. The molecule has 0 aromatic carbocycles. The molecule has 0 amide bonds. The second kappa shape index (κ2) is 5.56. The average molecular weight is 296 g/mol. The van der Waals surface area contributed by atoms with Crippen molar-refractivity contribution in [1.29, 1.82) is 0 Å². The van der Waals surface area contributed by atoms with Crippen LogP contribution in [0.3, 0.4) is 0 Å². The van der Waals surface area contributed by atoms with Gasteiger partial charge in [0.2, 0.25) is 5.95 Å². The Hall–Kier alpha value is -0.750. The van der Waals surface area contributed by atoms with E-state index in [1.54, 1.807) is 11.8 Å². The topological polar surface area (TPSA) is 54.2 Å². The normalized spacial score (nSPS) is 19.9. The van der Waals surface area contributed by atoms with Gasteiger partial charge in [0.1, 0.15) is 0 Å². The van der Waals surface area contributed by atoms with Gasteiger partial charge in [0.25, 0.3) is 0 Å². The van der Waals surface area contributed by atoms with E-state index in [1.807, 2.05) is 13.8 Å². The zero-order valence-electron chi connectivity index (χ0n) is 12.4. The van der Waals surface area contributed by atoms with E-state index in [0.29, 0.717) is 6.04 Å². The molecule has 3 rings (SSSR count). The van der Waals surface area contributed by atoms with Crippen molar-refractivity contribution in [2.45, 2.75) is 62.8 Å². The Morgan fingerprint density at radius 3 is 2.55 bits per heavy atom. The van der Waals surface area contributed by atoms with Crippen LogP contribution in [0, 0.1) is 0 Å². The fraction of sp³-hybridized carbons (Fsp3) is 0.857. The number of hydrogen-bond donors (Lipinski definition) is 1. The molecule has 1 aliphatic heterocycles. The van der Waals surface area contributed by atoms with Gasteiger partial charge in [-0.2, -0.15) is 0 Å². The number of nitrogens with zero attached hydrogens (tertiary/aromatic N) is 4. The maximum Gasteiger partial charge on any atom is 0.228 e. The lowest BCUT2D eigenvalue weighted by Crippen LogP contribution is -2.22. The van der Waals surface area contributed by atoms with Crippen LogP contribution in [-0.2, 0) is 0 Å². The Bertz CT molecular complexity index is 458. The minimum absolute atomic E-state index is 0.602. The van der Waals surface area contributed by atoms with Crippen LogP contribution in [-0.4, -0.2) is 44.3 Å². The number of hydrogen-bond acceptors (Lipinski definition) is 5. The molecule has 1 saturated carbocycles. The minimum atomic E-state index is -0.602. The highest BCUT2D eigenvalue weighted by Crippen LogP contribution is 2.41. The molecule has 0 radical (unpaired) electrons. The SMILES string of the molecule is CC(C)(O)CCSc1nnc(N2CCCC2)n1C1CC1. The lowest BCUT2D eigenvalue weighted by Gasteiger charge is -2.19. The predicted molar refractivity (Wildman–Crippen MR) is 81.4 cm³/mol. The third-order valence-corrected chi connectivity index (χ3v) is 4.84. The summed E-state index contributed by atoms with van der Waals surface area (Å²) in [5.74, 6) is 1.95. The first-order valence-electron chi connectivity index (χ1n) is 7.60. The summed E-state index contributed by atoms with van der Waals surface area (Å²) in [6.45, 7) is 5.93. The number of thioether (sulfide) groups is 1. The molecule has 0 spiro atoms. The number of rotatable bonds is 6. The number of aliphatic hydroxyl groups is 1. The quantitative estimate of drug-likeness (QED) is 0.817. The highest BCUT2D eigenvalue weighted by molar-refractivity contribution is 7.99. The van der Waals surface area contributed by atoms with E-state index >= 15 is 0 Å². The average Bonchev–Trinajstić information content (AvgIpc) is 2.90. The van der Waals surface area contributed by atoms with Crippen molar-refractivity contribution in [1.82, 2.24) is 14.8 Å². The molecular weight excluding hydrogens is 272 g/mol. The Morgan fingerprint density at radius 2 is 1.95 bits per heavy atom. The lowest BCUT2D eigenvalue weighted by molar-refractivity contribution is 0.0777. The first-order valence-corrected chi connectivity index (χ1v) is 8.58. The van der Waals surface area contributed by atoms with Crippen molar-refractivity contribution >= 4 is 17.7 Å². The molecule has 2 fully saturated rings. The maximum absolute atomic E-state index is 9.80. The summed E-state index contributed by atoms with van der Waals surface area (Å²) in [7, 11) is 0. The first-order chi connectivity index (χ1) is 9.54. The van der Waals surface area contributed by atoms with E-state index in [1.165, 1.54) is 25.7 Å². The van der Waals surface area contributed by atoms with Gasteiger partial charge >= 0.3 is 0 Å². The Morgan fingerprint density at radius 1 is 1.25 bits per heavy atom. The number of aromatic nitrogens is 3. The van der Waals surface area contributed by atoms with E-state index in [2.05, 4.69) is 19.7 Å². The van der Waals surface area contributed by atoms with Gasteiger partial charge in [0, 0.05) is 24.9 Å². The fourth-order valence-electron chi connectivity index (χ4n) is 2.54. The van der Waals surface area contributed by atoms with Crippen molar-refractivity contribution in [3.8, 4) is 0 Å². The summed E-state index contributed by atoms with van der Waals surface area (Å²) in [6.07, 6.45) is 5.79.